The van der Waals surface area contributed by atoms with Crippen LogP contribution < -0.4 is 11.0 Å². The zero-order valence-corrected chi connectivity index (χ0v) is 20.2. The maximum absolute atomic E-state index is 13.5. The van der Waals surface area contributed by atoms with Crippen LogP contribution in [0.25, 0.3) is 16.7 Å². The Kier molecular flexibility index (Phi) is 6.31. The van der Waals surface area contributed by atoms with Crippen LogP contribution in [0.2, 0.25) is 0 Å². The summed E-state index contributed by atoms with van der Waals surface area (Å²) >= 11 is 1.26. The molecule has 0 unspecified atom stereocenters. The first-order chi connectivity index (χ1) is 17.0. The number of aryl methyl sites for hydroxylation is 1. The van der Waals surface area contributed by atoms with Crippen LogP contribution in [-0.4, -0.2) is 45.1 Å². The minimum Gasteiger partial charge on any atom is -0.462 e. The van der Waals surface area contributed by atoms with Gasteiger partial charge in [-0.25, -0.2) is 9.78 Å². The lowest BCUT2D eigenvalue weighted by molar-refractivity contribution is 0.0521. The van der Waals surface area contributed by atoms with Gasteiger partial charge in [-0.05, 0) is 55.8 Å². The Hall–Kier alpha value is -3.63. The predicted molar refractivity (Wildman–Crippen MR) is 131 cm³/mol. The molecule has 180 valence electrons. The Morgan fingerprint density at radius 3 is 2.86 bits per heavy atom. The fourth-order valence-corrected chi connectivity index (χ4v) is 4.89. The van der Waals surface area contributed by atoms with Crippen LogP contribution in [0.15, 0.2) is 51.7 Å². The first-order valence-electron chi connectivity index (χ1n) is 11.4. The molecule has 4 aromatic rings. The zero-order valence-electron chi connectivity index (χ0n) is 19.4. The van der Waals surface area contributed by atoms with Crippen molar-refractivity contribution in [1.29, 1.82) is 0 Å². The van der Waals surface area contributed by atoms with Crippen LogP contribution in [0.5, 0.6) is 0 Å². The quantitative estimate of drug-likeness (QED) is 0.313. The largest absolute Gasteiger partial charge is 0.462 e. The highest BCUT2D eigenvalue weighted by molar-refractivity contribution is 7.12. The molecule has 0 radical (unpaired) electrons. The molecular formula is C25H24N4O5S. The van der Waals surface area contributed by atoms with E-state index in [2.05, 4.69) is 4.99 Å². The second-order valence-electron chi connectivity index (χ2n) is 8.28. The van der Waals surface area contributed by atoms with E-state index in [0.29, 0.717) is 22.8 Å². The topological polar surface area (TPSA) is 104 Å². The summed E-state index contributed by atoms with van der Waals surface area (Å²) in [6.45, 7) is 4.61. The number of carbonyl (C=O) groups excluding carboxylic acids is 2. The van der Waals surface area contributed by atoms with Gasteiger partial charge in [0.25, 0.3) is 11.5 Å². The van der Waals surface area contributed by atoms with Crippen molar-refractivity contribution in [2.75, 3.05) is 13.2 Å². The number of pyridine rings is 2. The molecular weight excluding hydrogens is 468 g/mol. The predicted octanol–water partition coefficient (Wildman–Crippen LogP) is 3.12. The third-order valence-corrected chi connectivity index (χ3v) is 6.81. The molecule has 1 aliphatic heterocycles. The summed E-state index contributed by atoms with van der Waals surface area (Å²) in [5, 5.41) is 2.02. The van der Waals surface area contributed by atoms with Gasteiger partial charge in [-0.15, -0.1) is 11.3 Å². The average molecular weight is 493 g/mol. The van der Waals surface area contributed by atoms with Gasteiger partial charge in [0.15, 0.2) is 5.49 Å². The average Bonchev–Trinajstić information content (AvgIpc) is 3.56. The standard InChI is InChI=1S/C25H24N4O5S/c1-3-33-25(32)18-13-17-21(26-20-15(2)7-4-10-28(20)24(17)31)29(14-16-8-5-11-34-16)22(18)27-23(30)19-9-6-12-35-19/h4,6-7,9-10,12-13,16H,3,5,8,11,14H2,1-2H3/t16-/m0/s1. The highest BCUT2D eigenvalue weighted by Gasteiger charge is 2.24. The molecule has 0 N–H and O–H groups in total. The van der Waals surface area contributed by atoms with Crippen LogP contribution in [0, 0.1) is 6.92 Å². The molecule has 1 amide bonds. The van der Waals surface area contributed by atoms with E-state index < -0.39 is 11.9 Å². The van der Waals surface area contributed by atoms with Crippen LogP contribution in [0.1, 0.15) is 45.4 Å². The van der Waals surface area contributed by atoms with Gasteiger partial charge >= 0.3 is 5.97 Å². The number of carbonyl (C=O) groups is 2. The van der Waals surface area contributed by atoms with Gasteiger partial charge in [0.1, 0.15) is 16.9 Å². The highest BCUT2D eigenvalue weighted by Crippen LogP contribution is 2.18. The molecule has 0 saturated carbocycles. The summed E-state index contributed by atoms with van der Waals surface area (Å²) < 4.78 is 14.3. The Labute approximate surface area is 204 Å². The number of amides is 1. The molecule has 1 atom stereocenters. The highest BCUT2D eigenvalue weighted by atomic mass is 32.1. The Morgan fingerprint density at radius 1 is 1.29 bits per heavy atom. The van der Waals surface area contributed by atoms with Gasteiger partial charge in [0.05, 0.1) is 29.5 Å². The van der Waals surface area contributed by atoms with E-state index in [-0.39, 0.29) is 41.3 Å². The van der Waals surface area contributed by atoms with Crippen molar-refractivity contribution >= 4 is 39.9 Å². The van der Waals surface area contributed by atoms with Crippen molar-refractivity contribution in [1.82, 2.24) is 14.0 Å². The van der Waals surface area contributed by atoms with Crippen molar-refractivity contribution in [3.8, 4) is 0 Å². The van der Waals surface area contributed by atoms with Crippen molar-refractivity contribution in [3.63, 3.8) is 0 Å². The number of nitrogens with zero attached hydrogens (tertiary/aromatic N) is 4. The van der Waals surface area contributed by atoms with E-state index in [9.17, 15) is 14.4 Å². The second kappa shape index (κ2) is 9.55. The fourth-order valence-electron chi connectivity index (χ4n) is 4.28. The lowest BCUT2D eigenvalue weighted by Gasteiger charge is -2.18. The molecule has 5 heterocycles. The summed E-state index contributed by atoms with van der Waals surface area (Å²) in [7, 11) is 0. The molecule has 0 bridgehead atoms. The number of hydrogen-bond donors (Lipinski definition) is 0. The van der Waals surface area contributed by atoms with Gasteiger partial charge in [0, 0.05) is 12.8 Å². The summed E-state index contributed by atoms with van der Waals surface area (Å²) in [6.07, 6.45) is 3.19. The minimum absolute atomic E-state index is 0.0359. The SMILES string of the molecule is CCOC(=O)c1cc2c(=O)n3cccc(C)c3nc2n(C[C@@H]2CCCO2)c1=NC(=O)c1cccs1. The van der Waals surface area contributed by atoms with E-state index in [1.54, 1.807) is 41.3 Å². The number of aromatic nitrogens is 3. The molecule has 1 aliphatic rings. The fraction of sp³-hybridized carbons (Fsp3) is 0.320. The maximum Gasteiger partial charge on any atom is 0.341 e. The van der Waals surface area contributed by atoms with Crippen molar-refractivity contribution in [2.24, 2.45) is 4.99 Å². The lowest BCUT2D eigenvalue weighted by Crippen LogP contribution is -2.35. The normalized spacial score (nSPS) is 16.3. The van der Waals surface area contributed by atoms with Crippen LogP contribution in [0.4, 0.5) is 0 Å². The van der Waals surface area contributed by atoms with Gasteiger partial charge in [-0.1, -0.05) is 12.1 Å². The third kappa shape index (κ3) is 4.30. The molecule has 5 rings (SSSR count). The van der Waals surface area contributed by atoms with E-state index in [4.69, 9.17) is 14.5 Å². The Morgan fingerprint density at radius 2 is 2.14 bits per heavy atom. The number of esters is 1. The minimum atomic E-state index is -0.665. The van der Waals surface area contributed by atoms with Crippen molar-refractivity contribution in [2.45, 2.75) is 39.3 Å². The van der Waals surface area contributed by atoms with Crippen LogP contribution in [0.3, 0.4) is 0 Å². The van der Waals surface area contributed by atoms with E-state index in [1.165, 1.54) is 21.8 Å². The molecule has 10 heteroatoms. The maximum atomic E-state index is 13.5. The lowest BCUT2D eigenvalue weighted by atomic mass is 10.1. The van der Waals surface area contributed by atoms with Gasteiger partial charge in [0.2, 0.25) is 0 Å². The van der Waals surface area contributed by atoms with E-state index in [0.717, 1.165) is 18.4 Å². The summed E-state index contributed by atoms with van der Waals surface area (Å²) in [4.78, 5) is 49.2. The smallest absolute Gasteiger partial charge is 0.341 e. The first kappa shape index (κ1) is 23.1. The number of hydrogen-bond acceptors (Lipinski definition) is 7. The molecule has 0 spiro atoms. The third-order valence-electron chi connectivity index (χ3n) is 5.95. The molecule has 0 aliphatic carbocycles. The molecule has 0 aromatic carbocycles. The van der Waals surface area contributed by atoms with Gasteiger partial charge in [-0.3, -0.25) is 14.0 Å². The second-order valence-corrected chi connectivity index (χ2v) is 9.23. The molecule has 1 saturated heterocycles. The molecule has 9 nitrogen and oxygen atoms in total. The zero-order chi connectivity index (χ0) is 24.5. The van der Waals surface area contributed by atoms with Crippen LogP contribution >= 0.6 is 11.3 Å². The number of rotatable bonds is 5. The molecule has 4 aromatic heterocycles. The number of fused-ring (bicyclic) bond motifs is 2. The van der Waals surface area contributed by atoms with E-state index >= 15 is 0 Å². The summed E-state index contributed by atoms with van der Waals surface area (Å²) in [5.74, 6) is -1.15. The van der Waals surface area contributed by atoms with Crippen molar-refractivity contribution in [3.05, 3.63) is 73.8 Å². The Bertz CT molecular complexity index is 1560. The molecule has 35 heavy (non-hydrogen) atoms. The van der Waals surface area contributed by atoms with Gasteiger partial charge in [-0.2, -0.15) is 4.99 Å². The van der Waals surface area contributed by atoms with E-state index in [1.807, 2.05) is 13.0 Å². The first-order valence-corrected chi connectivity index (χ1v) is 12.3. The Balaban J connectivity index is 1.89. The summed E-state index contributed by atoms with van der Waals surface area (Å²) in [6, 6.07) is 8.51. The molecule has 1 fully saturated rings. The van der Waals surface area contributed by atoms with Crippen molar-refractivity contribution < 1.29 is 19.1 Å². The summed E-state index contributed by atoms with van der Waals surface area (Å²) in [5.41, 5.74) is 1.47. The van der Waals surface area contributed by atoms with Gasteiger partial charge < -0.3 is 14.0 Å². The number of thiophene rings is 1. The monoisotopic (exact) mass is 492 g/mol. The van der Waals surface area contributed by atoms with Crippen LogP contribution in [-0.2, 0) is 16.0 Å². The number of ether oxygens (including phenoxy) is 2.